The summed E-state index contributed by atoms with van der Waals surface area (Å²) in [4.78, 5) is 0. The second kappa shape index (κ2) is 5.74. The van der Waals surface area contributed by atoms with Gasteiger partial charge in [0, 0.05) is 23.8 Å². The summed E-state index contributed by atoms with van der Waals surface area (Å²) in [5.74, 6) is 0. The summed E-state index contributed by atoms with van der Waals surface area (Å²) in [6.07, 6.45) is 0.148. The molecule has 0 heterocycles. The van der Waals surface area contributed by atoms with Gasteiger partial charge in [-0.25, -0.2) is 0 Å². The largest absolute Gasteiger partial charge is 0.382 e. The van der Waals surface area contributed by atoms with Crippen molar-refractivity contribution in [3.05, 3.63) is 28.2 Å². The zero-order valence-corrected chi connectivity index (χ0v) is 10.3. The van der Waals surface area contributed by atoms with Crippen molar-refractivity contribution in [2.75, 3.05) is 19.0 Å². The zero-order valence-electron chi connectivity index (χ0n) is 8.75. The molecule has 1 N–H and O–H groups in total. The first-order valence-electron chi connectivity index (χ1n) is 4.63. The van der Waals surface area contributed by atoms with Crippen molar-refractivity contribution < 1.29 is 4.74 Å². The molecule has 0 aliphatic carbocycles. The molecule has 1 aromatic rings. The van der Waals surface area contributed by atoms with E-state index >= 15 is 0 Å². The summed E-state index contributed by atoms with van der Waals surface area (Å²) in [5, 5.41) is 12.0. The second-order valence-corrected chi connectivity index (χ2v) is 4.18. The Balaban J connectivity index is 2.69. The first kappa shape index (κ1) is 12.0. The van der Waals surface area contributed by atoms with Crippen LogP contribution in [0.3, 0.4) is 0 Å². The first-order valence-corrected chi connectivity index (χ1v) is 5.42. The Labute approximate surface area is 98.2 Å². The third-order valence-corrected chi connectivity index (χ3v) is 2.48. The number of nitrogens with zero attached hydrogens (tertiary/aromatic N) is 1. The smallest absolute Gasteiger partial charge is 0.0992 e. The van der Waals surface area contributed by atoms with Gasteiger partial charge >= 0.3 is 0 Å². The minimum absolute atomic E-state index is 0.148. The van der Waals surface area contributed by atoms with Gasteiger partial charge in [0.2, 0.25) is 0 Å². The molecule has 1 unspecified atom stereocenters. The normalized spacial score (nSPS) is 11.9. The van der Waals surface area contributed by atoms with Crippen LogP contribution < -0.4 is 5.32 Å². The summed E-state index contributed by atoms with van der Waals surface area (Å²) in [6.45, 7) is 2.70. The van der Waals surface area contributed by atoms with Gasteiger partial charge in [-0.1, -0.05) is 15.9 Å². The Morgan fingerprint density at radius 3 is 2.87 bits per heavy atom. The molecule has 0 aliphatic heterocycles. The van der Waals surface area contributed by atoms with E-state index in [1.807, 2.05) is 19.1 Å². The lowest BCUT2D eigenvalue weighted by atomic mass is 10.2. The maximum atomic E-state index is 8.79. The Morgan fingerprint density at radius 2 is 2.27 bits per heavy atom. The van der Waals surface area contributed by atoms with Crippen molar-refractivity contribution in [1.82, 2.24) is 0 Å². The molecule has 4 heteroatoms. The molecule has 0 aromatic heterocycles. The van der Waals surface area contributed by atoms with Gasteiger partial charge in [0.05, 0.1) is 17.7 Å². The standard InChI is InChI=1S/C11H13BrN2O/c1-8(15-2)7-14-11-4-9(6-13)3-10(12)5-11/h3-5,8,14H,7H2,1-2H3. The van der Waals surface area contributed by atoms with Crippen LogP contribution in [0.1, 0.15) is 12.5 Å². The Morgan fingerprint density at radius 1 is 1.53 bits per heavy atom. The molecule has 0 fully saturated rings. The fraction of sp³-hybridized carbons (Fsp3) is 0.364. The number of rotatable bonds is 4. The molecular weight excluding hydrogens is 256 g/mol. The van der Waals surface area contributed by atoms with E-state index in [4.69, 9.17) is 10.00 Å². The van der Waals surface area contributed by atoms with Gasteiger partial charge < -0.3 is 10.1 Å². The lowest BCUT2D eigenvalue weighted by Crippen LogP contribution is -2.18. The molecule has 1 aromatic carbocycles. The topological polar surface area (TPSA) is 45.0 Å². The van der Waals surface area contributed by atoms with E-state index in [0.29, 0.717) is 5.56 Å². The van der Waals surface area contributed by atoms with Crippen LogP contribution in [-0.4, -0.2) is 19.8 Å². The van der Waals surface area contributed by atoms with Crippen LogP contribution >= 0.6 is 15.9 Å². The van der Waals surface area contributed by atoms with Crippen molar-refractivity contribution in [2.24, 2.45) is 0 Å². The number of methoxy groups -OCH3 is 1. The number of ether oxygens (including phenoxy) is 1. The fourth-order valence-electron chi connectivity index (χ4n) is 1.10. The van der Waals surface area contributed by atoms with Crippen molar-refractivity contribution in [2.45, 2.75) is 13.0 Å². The number of anilines is 1. The third kappa shape index (κ3) is 3.90. The van der Waals surface area contributed by atoms with Crippen LogP contribution in [0.15, 0.2) is 22.7 Å². The minimum Gasteiger partial charge on any atom is -0.382 e. The molecule has 0 radical (unpaired) electrons. The molecule has 3 nitrogen and oxygen atoms in total. The van der Waals surface area contributed by atoms with E-state index in [-0.39, 0.29) is 6.10 Å². The molecule has 0 saturated carbocycles. The molecule has 15 heavy (non-hydrogen) atoms. The van der Waals surface area contributed by atoms with Crippen LogP contribution in [0, 0.1) is 11.3 Å². The van der Waals surface area contributed by atoms with Crippen LogP contribution in [0.4, 0.5) is 5.69 Å². The molecule has 1 rings (SSSR count). The molecule has 80 valence electrons. The number of nitrogens with one attached hydrogen (secondary N) is 1. The van der Waals surface area contributed by atoms with Crippen molar-refractivity contribution in [1.29, 1.82) is 5.26 Å². The monoisotopic (exact) mass is 268 g/mol. The minimum atomic E-state index is 0.148. The Kier molecular flexibility index (Phi) is 4.60. The van der Waals surface area contributed by atoms with Crippen LogP contribution in [-0.2, 0) is 4.74 Å². The molecule has 0 amide bonds. The quantitative estimate of drug-likeness (QED) is 0.914. The van der Waals surface area contributed by atoms with Crippen molar-refractivity contribution in [3.8, 4) is 6.07 Å². The van der Waals surface area contributed by atoms with Gasteiger partial charge in [-0.15, -0.1) is 0 Å². The van der Waals surface area contributed by atoms with Gasteiger partial charge in [0.15, 0.2) is 0 Å². The highest BCUT2D eigenvalue weighted by molar-refractivity contribution is 9.10. The molecule has 0 aliphatic rings. The van der Waals surface area contributed by atoms with E-state index in [1.165, 1.54) is 0 Å². The summed E-state index contributed by atoms with van der Waals surface area (Å²) >= 11 is 3.36. The third-order valence-electron chi connectivity index (χ3n) is 2.02. The average Bonchev–Trinajstić information content (AvgIpc) is 2.25. The summed E-state index contributed by atoms with van der Waals surface area (Å²) < 4.78 is 6.02. The average molecular weight is 269 g/mol. The highest BCUT2D eigenvalue weighted by atomic mass is 79.9. The molecule has 1 atom stereocenters. The predicted octanol–water partition coefficient (Wildman–Crippen LogP) is 2.77. The van der Waals surface area contributed by atoms with Crippen LogP contribution in [0.25, 0.3) is 0 Å². The van der Waals surface area contributed by atoms with E-state index < -0.39 is 0 Å². The van der Waals surface area contributed by atoms with Gasteiger partial charge in [0.25, 0.3) is 0 Å². The van der Waals surface area contributed by atoms with Crippen LogP contribution in [0.5, 0.6) is 0 Å². The highest BCUT2D eigenvalue weighted by Gasteiger charge is 2.01. The molecule has 0 bridgehead atoms. The van der Waals surface area contributed by atoms with Gasteiger partial charge in [-0.3, -0.25) is 0 Å². The number of hydrogen-bond acceptors (Lipinski definition) is 3. The van der Waals surface area contributed by atoms with Crippen molar-refractivity contribution in [3.63, 3.8) is 0 Å². The van der Waals surface area contributed by atoms with E-state index in [2.05, 4.69) is 27.3 Å². The van der Waals surface area contributed by atoms with Gasteiger partial charge in [-0.2, -0.15) is 5.26 Å². The second-order valence-electron chi connectivity index (χ2n) is 3.27. The van der Waals surface area contributed by atoms with Gasteiger partial charge in [-0.05, 0) is 25.1 Å². The zero-order chi connectivity index (χ0) is 11.3. The molecular formula is C11H13BrN2O. The molecule has 0 saturated heterocycles. The van der Waals surface area contributed by atoms with E-state index in [0.717, 1.165) is 16.7 Å². The first-order chi connectivity index (χ1) is 7.15. The van der Waals surface area contributed by atoms with Crippen LogP contribution in [0.2, 0.25) is 0 Å². The highest BCUT2D eigenvalue weighted by Crippen LogP contribution is 2.19. The summed E-state index contributed by atoms with van der Waals surface area (Å²) in [7, 11) is 1.67. The van der Waals surface area contributed by atoms with E-state index in [1.54, 1.807) is 13.2 Å². The van der Waals surface area contributed by atoms with Crippen molar-refractivity contribution >= 4 is 21.6 Å². The maximum absolute atomic E-state index is 8.79. The number of benzene rings is 1. The SMILES string of the molecule is COC(C)CNc1cc(Br)cc(C#N)c1. The Hall–Kier alpha value is -1.05. The molecule has 0 spiro atoms. The number of nitriles is 1. The summed E-state index contributed by atoms with van der Waals surface area (Å²) in [6, 6.07) is 7.64. The van der Waals surface area contributed by atoms with Gasteiger partial charge in [0.1, 0.15) is 0 Å². The van der Waals surface area contributed by atoms with E-state index in [9.17, 15) is 0 Å². The predicted molar refractivity (Wildman–Crippen MR) is 63.8 cm³/mol. The lowest BCUT2D eigenvalue weighted by Gasteiger charge is -2.12. The lowest BCUT2D eigenvalue weighted by molar-refractivity contribution is 0.129. The summed E-state index contributed by atoms with van der Waals surface area (Å²) in [5.41, 5.74) is 1.56. The number of halogens is 1. The fourth-order valence-corrected chi connectivity index (χ4v) is 1.59. The number of hydrogen-bond donors (Lipinski definition) is 1. The maximum Gasteiger partial charge on any atom is 0.0992 e. The Bertz CT molecular complexity index is 373.